The molecule has 0 atom stereocenters. The molecule has 0 aliphatic rings. The number of nitrogens with one attached hydrogen (secondary N) is 1. The van der Waals surface area contributed by atoms with Gasteiger partial charge in [-0.05, 0) is 18.2 Å². The summed E-state index contributed by atoms with van der Waals surface area (Å²) in [5.74, 6) is -0.322. The summed E-state index contributed by atoms with van der Waals surface area (Å²) in [6.45, 7) is 8.51. The summed E-state index contributed by atoms with van der Waals surface area (Å²) in [4.78, 5) is 20.2. The first kappa shape index (κ1) is 28.3. The maximum atomic E-state index is 10.5. The van der Waals surface area contributed by atoms with Crippen LogP contribution in [0.4, 0.5) is 0 Å². The van der Waals surface area contributed by atoms with Gasteiger partial charge in [0.2, 0.25) is 5.91 Å². The van der Waals surface area contributed by atoms with Crippen LogP contribution < -0.4 is 11.1 Å². The Balaban J connectivity index is -0.000000375. The molecule has 0 aromatic heterocycles. The normalized spacial score (nSPS) is 8.04. The van der Waals surface area contributed by atoms with Crippen molar-refractivity contribution in [2.45, 2.75) is 41.5 Å². The number of hydrogen-bond acceptors (Lipinski definition) is 3. The average Bonchev–Trinajstić information content (AvgIpc) is 2.65. The fourth-order valence-electron chi connectivity index (χ4n) is 1.56. The second kappa shape index (κ2) is 20.6. The van der Waals surface area contributed by atoms with Crippen LogP contribution in [-0.4, -0.2) is 25.8 Å². The van der Waals surface area contributed by atoms with Gasteiger partial charge in [0.25, 0.3) is 0 Å². The van der Waals surface area contributed by atoms with Gasteiger partial charge in [-0.3, -0.25) is 9.59 Å². The van der Waals surface area contributed by atoms with Gasteiger partial charge >= 0.3 is 0 Å². The number of nitrogens with two attached hydrogens (primary N) is 1. The van der Waals surface area contributed by atoms with Crippen LogP contribution in [0.1, 0.15) is 51.9 Å². The lowest BCUT2D eigenvalue weighted by Crippen LogP contribution is -2.25. The van der Waals surface area contributed by atoms with Crippen LogP contribution in [0.25, 0.3) is 11.1 Å². The van der Waals surface area contributed by atoms with E-state index in [1.807, 2.05) is 56.3 Å². The molecular formula is C22H36N2O2. The third kappa shape index (κ3) is 15.1. The Morgan fingerprint density at radius 1 is 0.962 bits per heavy atom. The predicted octanol–water partition coefficient (Wildman–Crippen LogP) is 4.94. The van der Waals surface area contributed by atoms with E-state index in [4.69, 9.17) is 5.73 Å². The number of amides is 1. The lowest BCUT2D eigenvalue weighted by atomic mass is 10.0. The molecule has 146 valence electrons. The number of aldehydes is 1. The molecule has 4 heteroatoms. The number of hydrogen-bond donors (Lipinski definition) is 2. The molecule has 0 spiro atoms. The Labute approximate surface area is 159 Å². The van der Waals surface area contributed by atoms with Gasteiger partial charge in [0, 0.05) is 5.56 Å². The van der Waals surface area contributed by atoms with Crippen molar-refractivity contribution in [1.29, 1.82) is 0 Å². The average molecular weight is 361 g/mol. The zero-order chi connectivity index (χ0) is 19.5. The van der Waals surface area contributed by atoms with E-state index in [1.54, 1.807) is 7.05 Å². The Morgan fingerprint density at radius 3 is 1.69 bits per heavy atom. The fourth-order valence-corrected chi connectivity index (χ4v) is 1.56. The standard InChI is InChI=1S/C13H10O.C3H8N2O.C3H8.C2H6.CH4/c14-10-11-6-8-13(9-7-11)12-4-2-1-3-5-12;1-5-2-3(4)6;1-3-2;1-2;/h1-10H;5H,2H2,1H3,(H2,4,6);3H2,1-2H3;1-2H3;1H4. The van der Waals surface area contributed by atoms with Crippen LogP contribution in [0.15, 0.2) is 54.6 Å². The summed E-state index contributed by atoms with van der Waals surface area (Å²) in [6.07, 6.45) is 2.11. The van der Waals surface area contributed by atoms with Gasteiger partial charge in [-0.1, -0.05) is 96.1 Å². The van der Waals surface area contributed by atoms with E-state index in [1.165, 1.54) is 12.0 Å². The molecule has 0 bridgehead atoms. The summed E-state index contributed by atoms with van der Waals surface area (Å²) in [7, 11) is 1.67. The van der Waals surface area contributed by atoms with Gasteiger partial charge in [0.05, 0.1) is 6.54 Å². The Hall–Kier alpha value is -2.46. The molecule has 0 aliphatic carbocycles. The minimum atomic E-state index is -0.322. The molecule has 0 saturated heterocycles. The minimum absolute atomic E-state index is 0. The third-order valence-corrected chi connectivity index (χ3v) is 2.50. The van der Waals surface area contributed by atoms with E-state index in [-0.39, 0.29) is 19.9 Å². The van der Waals surface area contributed by atoms with Crippen molar-refractivity contribution in [2.24, 2.45) is 5.73 Å². The summed E-state index contributed by atoms with van der Waals surface area (Å²) in [5.41, 5.74) is 7.72. The first-order chi connectivity index (χ1) is 12.1. The second-order valence-electron chi connectivity index (χ2n) is 4.81. The Bertz CT molecular complexity index is 552. The molecule has 2 rings (SSSR count). The molecule has 26 heavy (non-hydrogen) atoms. The van der Waals surface area contributed by atoms with E-state index in [9.17, 15) is 9.59 Å². The number of primary amides is 1. The van der Waals surface area contributed by atoms with Crippen molar-refractivity contribution in [1.82, 2.24) is 5.32 Å². The molecule has 0 unspecified atom stereocenters. The maximum absolute atomic E-state index is 10.5. The first-order valence-electron chi connectivity index (χ1n) is 8.62. The van der Waals surface area contributed by atoms with Gasteiger partial charge in [-0.15, -0.1) is 0 Å². The van der Waals surface area contributed by atoms with E-state index in [0.29, 0.717) is 5.56 Å². The third-order valence-electron chi connectivity index (χ3n) is 2.50. The molecule has 2 aromatic rings. The number of rotatable bonds is 4. The summed E-state index contributed by atoms with van der Waals surface area (Å²) < 4.78 is 0. The first-order valence-corrected chi connectivity index (χ1v) is 8.62. The Morgan fingerprint density at radius 2 is 1.38 bits per heavy atom. The zero-order valence-corrected chi connectivity index (χ0v) is 16.1. The summed E-state index contributed by atoms with van der Waals surface area (Å²) in [6, 6.07) is 17.7. The monoisotopic (exact) mass is 360 g/mol. The number of carbonyl (C=O) groups is 2. The highest BCUT2D eigenvalue weighted by molar-refractivity contribution is 5.77. The summed E-state index contributed by atoms with van der Waals surface area (Å²) in [5, 5.41) is 2.59. The van der Waals surface area contributed by atoms with Crippen molar-refractivity contribution < 1.29 is 9.59 Å². The number of carbonyl (C=O) groups excluding carboxylic acids is 2. The van der Waals surface area contributed by atoms with Crippen LogP contribution in [0.2, 0.25) is 0 Å². The lowest BCUT2D eigenvalue weighted by Gasteiger charge is -2.00. The molecule has 1 amide bonds. The molecule has 2 aromatic carbocycles. The largest absolute Gasteiger partial charge is 0.369 e. The lowest BCUT2D eigenvalue weighted by molar-refractivity contribution is -0.117. The topological polar surface area (TPSA) is 72.2 Å². The highest BCUT2D eigenvalue weighted by atomic mass is 16.1. The quantitative estimate of drug-likeness (QED) is 0.759. The van der Waals surface area contributed by atoms with Crippen molar-refractivity contribution >= 4 is 12.2 Å². The Kier molecular flexibility index (Phi) is 22.4. The number of likely N-dealkylation sites (N-methyl/N-ethyl adjacent to an activating group) is 1. The van der Waals surface area contributed by atoms with E-state index < -0.39 is 0 Å². The van der Waals surface area contributed by atoms with Crippen molar-refractivity contribution in [3.05, 3.63) is 60.2 Å². The highest BCUT2D eigenvalue weighted by Gasteiger charge is 1.95. The van der Waals surface area contributed by atoms with Crippen LogP contribution in [0, 0.1) is 0 Å². The molecule has 0 aliphatic heterocycles. The molecule has 0 fully saturated rings. The molecule has 0 heterocycles. The van der Waals surface area contributed by atoms with E-state index in [0.717, 1.165) is 11.8 Å². The van der Waals surface area contributed by atoms with Crippen LogP contribution >= 0.6 is 0 Å². The van der Waals surface area contributed by atoms with Crippen molar-refractivity contribution in [3.63, 3.8) is 0 Å². The fraction of sp³-hybridized carbons (Fsp3) is 0.364. The smallest absolute Gasteiger partial charge is 0.231 e. The highest BCUT2D eigenvalue weighted by Crippen LogP contribution is 2.18. The molecular weight excluding hydrogens is 324 g/mol. The van der Waals surface area contributed by atoms with Gasteiger partial charge in [0.1, 0.15) is 6.29 Å². The predicted molar refractivity (Wildman–Crippen MR) is 114 cm³/mol. The zero-order valence-electron chi connectivity index (χ0n) is 16.1. The van der Waals surface area contributed by atoms with Gasteiger partial charge < -0.3 is 11.1 Å². The van der Waals surface area contributed by atoms with Gasteiger partial charge in [-0.25, -0.2) is 0 Å². The molecule has 3 N–H and O–H groups in total. The van der Waals surface area contributed by atoms with Crippen LogP contribution in [-0.2, 0) is 4.79 Å². The molecule has 0 saturated carbocycles. The molecule has 0 radical (unpaired) electrons. The number of benzene rings is 2. The maximum Gasteiger partial charge on any atom is 0.231 e. The molecule has 4 nitrogen and oxygen atoms in total. The van der Waals surface area contributed by atoms with E-state index in [2.05, 4.69) is 31.3 Å². The van der Waals surface area contributed by atoms with Crippen LogP contribution in [0.5, 0.6) is 0 Å². The van der Waals surface area contributed by atoms with Crippen LogP contribution in [0.3, 0.4) is 0 Å². The van der Waals surface area contributed by atoms with Crippen molar-refractivity contribution in [2.75, 3.05) is 13.6 Å². The SMILES string of the molecule is C.CC.CCC.CNCC(N)=O.O=Cc1ccc(-c2ccccc2)cc1. The van der Waals surface area contributed by atoms with E-state index >= 15 is 0 Å². The van der Waals surface area contributed by atoms with Gasteiger partial charge in [-0.2, -0.15) is 0 Å². The van der Waals surface area contributed by atoms with Gasteiger partial charge in [0.15, 0.2) is 0 Å². The minimum Gasteiger partial charge on any atom is -0.369 e. The summed E-state index contributed by atoms with van der Waals surface area (Å²) >= 11 is 0. The van der Waals surface area contributed by atoms with Crippen molar-refractivity contribution in [3.8, 4) is 11.1 Å². The second-order valence-corrected chi connectivity index (χ2v) is 4.81.